The average molecular weight is 162 g/mol. The van der Waals surface area contributed by atoms with Crippen LogP contribution in [0, 0.1) is 24.2 Å². The normalized spacial score (nSPS) is 8.00. The molecule has 0 aliphatic carbocycles. The number of Topliss-reactive ketones (excluding diaryl/α,β-unsaturated/α-hetero) is 1. The summed E-state index contributed by atoms with van der Waals surface area (Å²) in [5.74, 6) is 7.98. The second-order valence-corrected chi connectivity index (χ2v) is 2.49. The van der Waals surface area contributed by atoms with Gasteiger partial charge < -0.3 is 0 Å². The van der Waals surface area contributed by atoms with E-state index in [1.54, 1.807) is 0 Å². The number of rotatable bonds is 4. The van der Waals surface area contributed by atoms with Gasteiger partial charge in [0.25, 0.3) is 0 Å². The molecule has 1 nitrogen and oxygen atoms in total. The number of unbranched alkanes of at least 4 members (excludes halogenated alkanes) is 3. The van der Waals surface area contributed by atoms with Gasteiger partial charge in [-0.05, 0) is 18.8 Å². The molecule has 64 valence electrons. The van der Waals surface area contributed by atoms with Crippen LogP contribution in [0.5, 0.6) is 0 Å². The summed E-state index contributed by atoms with van der Waals surface area (Å²) >= 11 is 0. The first kappa shape index (κ1) is 10.8. The van der Waals surface area contributed by atoms with Crippen LogP contribution in [0.2, 0.25) is 0 Å². The molecule has 0 radical (unpaired) electrons. The molecule has 0 aliphatic rings. The first-order valence-corrected chi connectivity index (χ1v) is 4.26. The van der Waals surface area contributed by atoms with E-state index in [1.165, 1.54) is 0 Å². The number of hydrogen-bond donors (Lipinski definition) is 0. The maximum absolute atomic E-state index is 10.7. The molecule has 0 saturated carbocycles. The highest BCUT2D eigenvalue weighted by atomic mass is 16.1. The zero-order valence-electron chi connectivity index (χ0n) is 7.52. The quantitative estimate of drug-likeness (QED) is 0.352. The van der Waals surface area contributed by atoms with Gasteiger partial charge in [-0.2, -0.15) is 0 Å². The van der Waals surface area contributed by atoms with Crippen molar-refractivity contribution in [1.82, 2.24) is 0 Å². The van der Waals surface area contributed by atoms with Gasteiger partial charge in [0.2, 0.25) is 5.78 Å². The van der Waals surface area contributed by atoms with Crippen molar-refractivity contribution < 1.29 is 4.79 Å². The maximum atomic E-state index is 10.7. The Balaban J connectivity index is 3.34. The molecule has 0 aromatic carbocycles. The smallest absolute Gasteiger partial charge is 0.205 e. The third kappa shape index (κ3) is 6.90. The highest BCUT2D eigenvalue weighted by Crippen LogP contribution is 1.96. The summed E-state index contributed by atoms with van der Waals surface area (Å²) in [6.07, 6.45) is 9.18. The minimum absolute atomic E-state index is 0.0203. The van der Waals surface area contributed by atoms with Crippen LogP contribution in [0.1, 0.15) is 39.0 Å². The minimum Gasteiger partial charge on any atom is -0.285 e. The summed E-state index contributed by atoms with van der Waals surface area (Å²) in [4.78, 5) is 10.7. The van der Waals surface area contributed by atoms with E-state index in [0.29, 0.717) is 6.42 Å². The first-order chi connectivity index (χ1) is 5.81. The SMILES string of the molecule is C#CCCCCC#CC(=O)CC. The number of hydrogen-bond acceptors (Lipinski definition) is 1. The van der Waals surface area contributed by atoms with Gasteiger partial charge in [-0.1, -0.05) is 12.8 Å². The third-order valence-electron chi connectivity index (χ3n) is 1.42. The second-order valence-electron chi connectivity index (χ2n) is 2.49. The van der Waals surface area contributed by atoms with Gasteiger partial charge in [0.1, 0.15) is 0 Å². The highest BCUT2D eigenvalue weighted by molar-refractivity contribution is 5.95. The predicted octanol–water partition coefficient (Wildman–Crippen LogP) is 2.16. The molecule has 0 fully saturated rings. The van der Waals surface area contributed by atoms with Crippen molar-refractivity contribution in [3.63, 3.8) is 0 Å². The minimum atomic E-state index is 0.0203. The molecule has 0 spiro atoms. The Labute approximate surface area is 74.5 Å². The molecule has 0 amide bonds. The monoisotopic (exact) mass is 162 g/mol. The molecular weight excluding hydrogens is 148 g/mol. The zero-order chi connectivity index (χ0) is 9.23. The van der Waals surface area contributed by atoms with Crippen molar-refractivity contribution in [1.29, 1.82) is 0 Å². The van der Waals surface area contributed by atoms with E-state index >= 15 is 0 Å². The summed E-state index contributed by atoms with van der Waals surface area (Å²) in [6, 6.07) is 0. The van der Waals surface area contributed by atoms with E-state index in [0.717, 1.165) is 25.7 Å². The molecule has 1 heteroatoms. The lowest BCUT2D eigenvalue weighted by Crippen LogP contribution is -1.87. The molecule has 0 aromatic rings. The van der Waals surface area contributed by atoms with Gasteiger partial charge in [0.05, 0.1) is 0 Å². The molecular formula is C11H14O. The molecule has 0 aliphatic heterocycles. The Kier molecular flexibility index (Phi) is 7.10. The molecule has 0 rings (SSSR count). The molecule has 0 atom stereocenters. The lowest BCUT2D eigenvalue weighted by molar-refractivity contribution is -0.113. The summed E-state index contributed by atoms with van der Waals surface area (Å²) in [6.45, 7) is 1.81. The van der Waals surface area contributed by atoms with E-state index in [4.69, 9.17) is 6.42 Å². The van der Waals surface area contributed by atoms with Gasteiger partial charge in [-0.15, -0.1) is 12.3 Å². The fourth-order valence-corrected chi connectivity index (χ4v) is 0.690. The molecule has 0 heterocycles. The summed E-state index contributed by atoms with van der Waals surface area (Å²) in [5, 5.41) is 0. The Bertz CT molecular complexity index is 222. The van der Waals surface area contributed by atoms with Gasteiger partial charge in [-0.3, -0.25) is 4.79 Å². The van der Waals surface area contributed by atoms with Crippen LogP contribution < -0.4 is 0 Å². The summed E-state index contributed by atoms with van der Waals surface area (Å²) < 4.78 is 0. The fourth-order valence-electron chi connectivity index (χ4n) is 0.690. The van der Waals surface area contributed by atoms with Crippen LogP contribution in [-0.4, -0.2) is 5.78 Å². The van der Waals surface area contributed by atoms with E-state index in [2.05, 4.69) is 17.8 Å². The molecule has 0 unspecified atom stereocenters. The first-order valence-electron chi connectivity index (χ1n) is 4.26. The Morgan fingerprint density at radius 2 is 2.00 bits per heavy atom. The van der Waals surface area contributed by atoms with Crippen LogP contribution in [-0.2, 0) is 4.79 Å². The number of ketones is 1. The van der Waals surface area contributed by atoms with Gasteiger partial charge in [-0.25, -0.2) is 0 Å². The third-order valence-corrected chi connectivity index (χ3v) is 1.42. The van der Waals surface area contributed by atoms with E-state index < -0.39 is 0 Å². The molecule has 0 N–H and O–H groups in total. The summed E-state index contributed by atoms with van der Waals surface area (Å²) in [5.41, 5.74) is 0. The van der Waals surface area contributed by atoms with Crippen molar-refractivity contribution in [3.05, 3.63) is 0 Å². The molecule has 0 aromatic heterocycles. The zero-order valence-corrected chi connectivity index (χ0v) is 7.52. The lowest BCUT2D eigenvalue weighted by atomic mass is 10.2. The van der Waals surface area contributed by atoms with Crippen molar-refractivity contribution >= 4 is 5.78 Å². The topological polar surface area (TPSA) is 17.1 Å². The van der Waals surface area contributed by atoms with Crippen LogP contribution in [0.15, 0.2) is 0 Å². The van der Waals surface area contributed by atoms with Gasteiger partial charge in [0.15, 0.2) is 0 Å². The molecule has 12 heavy (non-hydrogen) atoms. The summed E-state index contributed by atoms with van der Waals surface area (Å²) in [7, 11) is 0. The molecule has 0 saturated heterocycles. The number of carbonyl (C=O) groups excluding carboxylic acids is 1. The largest absolute Gasteiger partial charge is 0.285 e. The predicted molar refractivity (Wildman–Crippen MR) is 50.4 cm³/mol. The van der Waals surface area contributed by atoms with Crippen molar-refractivity contribution in [2.24, 2.45) is 0 Å². The Morgan fingerprint density at radius 1 is 1.33 bits per heavy atom. The van der Waals surface area contributed by atoms with Crippen LogP contribution in [0.4, 0.5) is 0 Å². The fraction of sp³-hybridized carbons (Fsp3) is 0.545. The van der Waals surface area contributed by atoms with E-state index in [1.807, 2.05) is 6.92 Å². The van der Waals surface area contributed by atoms with E-state index in [-0.39, 0.29) is 5.78 Å². The van der Waals surface area contributed by atoms with Gasteiger partial charge >= 0.3 is 0 Å². The van der Waals surface area contributed by atoms with Crippen molar-refractivity contribution in [2.45, 2.75) is 39.0 Å². The number of carbonyl (C=O) groups is 1. The Morgan fingerprint density at radius 3 is 2.58 bits per heavy atom. The van der Waals surface area contributed by atoms with Crippen LogP contribution in [0.3, 0.4) is 0 Å². The van der Waals surface area contributed by atoms with E-state index in [9.17, 15) is 4.79 Å². The lowest BCUT2D eigenvalue weighted by Gasteiger charge is -1.87. The average Bonchev–Trinajstić information content (AvgIpc) is 2.10. The van der Waals surface area contributed by atoms with Crippen LogP contribution >= 0.6 is 0 Å². The molecule has 0 bridgehead atoms. The standard InChI is InChI=1S/C11H14O/c1-3-5-6-7-8-9-10-11(12)4-2/h1H,4-8H2,2H3. The van der Waals surface area contributed by atoms with Crippen molar-refractivity contribution in [2.75, 3.05) is 0 Å². The van der Waals surface area contributed by atoms with Crippen LogP contribution in [0.25, 0.3) is 0 Å². The highest BCUT2D eigenvalue weighted by Gasteiger charge is 1.87. The maximum Gasteiger partial charge on any atom is 0.205 e. The van der Waals surface area contributed by atoms with Gasteiger partial charge in [0, 0.05) is 19.3 Å². The second kappa shape index (κ2) is 7.89. The van der Waals surface area contributed by atoms with Crippen molar-refractivity contribution in [3.8, 4) is 24.2 Å². The Hall–Kier alpha value is -1.21. The number of terminal acetylenes is 1.